The summed E-state index contributed by atoms with van der Waals surface area (Å²) in [7, 11) is 0. The first-order chi connectivity index (χ1) is 18.0. The molecule has 0 radical (unpaired) electrons. The molecule has 0 aliphatic heterocycles. The van der Waals surface area contributed by atoms with Crippen molar-refractivity contribution in [2.45, 2.75) is 12.4 Å². The van der Waals surface area contributed by atoms with Gasteiger partial charge in [-0.3, -0.25) is 8.97 Å². The summed E-state index contributed by atoms with van der Waals surface area (Å²) in [4.78, 5) is 4.36. The normalized spacial score (nSPS) is 13.1. The second-order valence-corrected chi connectivity index (χ2v) is 9.19. The predicted octanol–water partition coefficient (Wildman–Crippen LogP) is 9.02. The molecule has 190 valence electrons. The van der Waals surface area contributed by atoms with E-state index in [4.69, 9.17) is 16.0 Å². The van der Waals surface area contributed by atoms with Gasteiger partial charge in [0.2, 0.25) is 11.0 Å². The van der Waals surface area contributed by atoms with Crippen molar-refractivity contribution in [3.63, 3.8) is 0 Å². The number of para-hydroxylation sites is 1. The predicted molar refractivity (Wildman–Crippen MR) is 132 cm³/mol. The lowest BCUT2D eigenvalue weighted by atomic mass is 10.1. The van der Waals surface area contributed by atoms with Crippen molar-refractivity contribution in [2.24, 2.45) is 0 Å². The highest BCUT2D eigenvalue weighted by Gasteiger charge is 2.40. The quantitative estimate of drug-likeness (QED) is 0.194. The number of hydrogen-bond acceptors (Lipinski definition) is 2. The average Bonchev–Trinajstić information content (AvgIpc) is 3.40. The van der Waals surface area contributed by atoms with Crippen molar-refractivity contribution in [3.8, 4) is 5.69 Å². The highest BCUT2D eigenvalue weighted by atomic mass is 35.5. The summed E-state index contributed by atoms with van der Waals surface area (Å²) in [6, 6.07) is 18.1. The Kier molecular flexibility index (Phi) is 4.50. The first-order valence-corrected chi connectivity index (χ1v) is 11.6. The SMILES string of the molecule is FC(F)(F)c1cc(C(F)(F)F)c2c(c1)nc1n(-c3c(Cl)oc4ccccc34)c3cccc4cccc(c43)n21. The van der Waals surface area contributed by atoms with Crippen LogP contribution in [-0.2, 0) is 12.4 Å². The van der Waals surface area contributed by atoms with Gasteiger partial charge < -0.3 is 4.42 Å². The van der Waals surface area contributed by atoms with Crippen LogP contribution in [0.25, 0.3) is 55.3 Å². The van der Waals surface area contributed by atoms with E-state index in [1.165, 1.54) is 8.97 Å². The van der Waals surface area contributed by atoms with E-state index >= 15 is 0 Å². The van der Waals surface area contributed by atoms with Crippen molar-refractivity contribution in [2.75, 3.05) is 0 Å². The minimum Gasteiger partial charge on any atom is -0.442 e. The smallest absolute Gasteiger partial charge is 0.418 e. The van der Waals surface area contributed by atoms with Crippen LogP contribution in [0.2, 0.25) is 5.22 Å². The molecule has 0 bridgehead atoms. The number of aromatic nitrogens is 3. The van der Waals surface area contributed by atoms with Crippen molar-refractivity contribution in [1.82, 2.24) is 14.0 Å². The van der Waals surface area contributed by atoms with E-state index < -0.39 is 34.5 Å². The highest BCUT2D eigenvalue weighted by Crippen LogP contribution is 2.43. The third-order valence-electron chi connectivity index (χ3n) is 6.66. The Morgan fingerprint density at radius 1 is 0.789 bits per heavy atom. The lowest BCUT2D eigenvalue weighted by Gasteiger charge is -2.18. The second kappa shape index (κ2) is 7.44. The fourth-order valence-electron chi connectivity index (χ4n) is 5.17. The van der Waals surface area contributed by atoms with E-state index in [9.17, 15) is 26.3 Å². The van der Waals surface area contributed by atoms with Crippen molar-refractivity contribution >= 4 is 61.2 Å². The van der Waals surface area contributed by atoms with E-state index in [1.807, 2.05) is 0 Å². The third kappa shape index (κ3) is 3.10. The molecule has 11 heteroatoms. The topological polar surface area (TPSA) is 35.4 Å². The number of nitrogens with zero attached hydrogens (tertiary/aromatic N) is 3. The molecule has 7 rings (SSSR count). The van der Waals surface area contributed by atoms with Crippen molar-refractivity contribution in [3.05, 3.63) is 89.1 Å². The molecule has 4 nitrogen and oxygen atoms in total. The summed E-state index contributed by atoms with van der Waals surface area (Å²) >= 11 is 6.54. The van der Waals surface area contributed by atoms with Crippen LogP contribution in [0.5, 0.6) is 0 Å². The molecule has 3 aromatic heterocycles. The van der Waals surface area contributed by atoms with Crippen LogP contribution in [0.15, 0.2) is 77.2 Å². The second-order valence-electron chi connectivity index (χ2n) is 8.84. The Morgan fingerprint density at radius 3 is 2.21 bits per heavy atom. The number of furan rings is 1. The van der Waals surface area contributed by atoms with Crippen molar-refractivity contribution in [1.29, 1.82) is 0 Å². The molecule has 0 N–H and O–H groups in total. The van der Waals surface area contributed by atoms with Gasteiger partial charge in [-0.1, -0.05) is 36.4 Å². The fraction of sp³-hybridized carbons (Fsp3) is 0.0741. The molecule has 0 saturated carbocycles. The van der Waals surface area contributed by atoms with Gasteiger partial charge in [0.05, 0.1) is 33.2 Å². The summed E-state index contributed by atoms with van der Waals surface area (Å²) in [5.41, 5.74) is -2.21. The Morgan fingerprint density at radius 2 is 1.50 bits per heavy atom. The Hall–Kier alpha value is -4.18. The summed E-state index contributed by atoms with van der Waals surface area (Å²) in [5, 5.41) is 1.80. The minimum atomic E-state index is -5.09. The maximum absolute atomic E-state index is 14.3. The monoisotopic (exact) mass is 543 g/mol. The average molecular weight is 544 g/mol. The molecule has 4 aromatic carbocycles. The third-order valence-corrected chi connectivity index (χ3v) is 6.92. The first-order valence-electron chi connectivity index (χ1n) is 11.2. The summed E-state index contributed by atoms with van der Waals surface area (Å²) in [6.45, 7) is 0. The van der Waals surface area contributed by atoms with Gasteiger partial charge >= 0.3 is 12.4 Å². The Balaban J connectivity index is 1.80. The van der Waals surface area contributed by atoms with Gasteiger partial charge in [0, 0.05) is 10.8 Å². The standard InChI is InChI=1S/C27H12ClF6N3O/c28-24-22(15-7-1-2-10-20(15)38-24)36-18-8-3-5-13-6-4-9-19(21(13)18)37-23-16(27(32,33)34)11-14(26(29,30)31)12-17(23)35-25(36)37/h1-12H. The van der Waals surface area contributed by atoms with E-state index in [2.05, 4.69) is 4.98 Å². The fourth-order valence-corrected chi connectivity index (χ4v) is 5.44. The number of fused-ring (bicyclic) bond motifs is 5. The van der Waals surface area contributed by atoms with Gasteiger partial charge in [0.1, 0.15) is 11.3 Å². The summed E-state index contributed by atoms with van der Waals surface area (Å²) in [6.07, 6.45) is -10.1. The molecule has 7 aromatic rings. The van der Waals surface area contributed by atoms with Crippen molar-refractivity contribution < 1.29 is 30.8 Å². The molecule has 0 saturated heterocycles. The molecule has 3 heterocycles. The maximum atomic E-state index is 14.3. The van der Waals surface area contributed by atoms with Gasteiger partial charge in [-0.15, -0.1) is 0 Å². The van der Waals surface area contributed by atoms with Crippen LogP contribution in [0.3, 0.4) is 0 Å². The zero-order valence-corrected chi connectivity index (χ0v) is 19.6. The van der Waals surface area contributed by atoms with Gasteiger partial charge in [0.15, 0.2) is 0 Å². The molecule has 38 heavy (non-hydrogen) atoms. The number of rotatable bonds is 1. The maximum Gasteiger partial charge on any atom is 0.418 e. The largest absolute Gasteiger partial charge is 0.442 e. The first kappa shape index (κ1) is 23.0. The van der Waals surface area contributed by atoms with E-state index in [0.717, 1.165) is 0 Å². The number of alkyl halides is 6. The number of imidazole rings is 1. The molecule has 0 aliphatic rings. The molecule has 0 spiro atoms. The zero-order chi connectivity index (χ0) is 26.6. The summed E-state index contributed by atoms with van der Waals surface area (Å²) in [5.74, 6) is -0.0514. The zero-order valence-electron chi connectivity index (χ0n) is 18.8. The Bertz CT molecular complexity index is 2080. The van der Waals surface area contributed by atoms with E-state index in [-0.39, 0.29) is 17.1 Å². The van der Waals surface area contributed by atoms with Crippen LogP contribution in [-0.4, -0.2) is 14.0 Å². The minimum absolute atomic E-state index is 0.0479. The van der Waals surface area contributed by atoms with Crippen LogP contribution in [0.1, 0.15) is 11.1 Å². The number of halogens is 7. The van der Waals surface area contributed by atoms with Crippen LogP contribution >= 0.6 is 11.6 Å². The molecule has 0 fully saturated rings. The lowest BCUT2D eigenvalue weighted by Crippen LogP contribution is -2.12. The van der Waals surface area contributed by atoms with E-state index in [0.29, 0.717) is 44.5 Å². The van der Waals surface area contributed by atoms with Crippen LogP contribution in [0.4, 0.5) is 26.3 Å². The summed E-state index contributed by atoms with van der Waals surface area (Å²) < 4.78 is 92.4. The van der Waals surface area contributed by atoms with Crippen LogP contribution in [0, 0.1) is 0 Å². The van der Waals surface area contributed by atoms with Gasteiger partial charge in [-0.05, 0) is 53.4 Å². The van der Waals surface area contributed by atoms with E-state index in [1.54, 1.807) is 60.7 Å². The molecule has 0 unspecified atom stereocenters. The van der Waals surface area contributed by atoms with Gasteiger partial charge in [-0.2, -0.15) is 26.3 Å². The molecular weight excluding hydrogens is 532 g/mol. The molecule has 0 amide bonds. The van der Waals surface area contributed by atoms with Gasteiger partial charge in [0.25, 0.3) is 0 Å². The number of benzene rings is 4. The van der Waals surface area contributed by atoms with Crippen LogP contribution < -0.4 is 0 Å². The van der Waals surface area contributed by atoms with Gasteiger partial charge in [-0.25, -0.2) is 4.98 Å². The molecule has 0 aliphatic carbocycles. The molecular formula is C27H12ClF6N3O. The number of hydrogen-bond donors (Lipinski definition) is 0. The Labute approximate surface area is 213 Å². The lowest BCUT2D eigenvalue weighted by molar-refractivity contribution is -0.142. The molecule has 0 atom stereocenters. The highest BCUT2D eigenvalue weighted by molar-refractivity contribution is 6.32.